The monoisotopic (exact) mass is 318 g/mol. The summed E-state index contributed by atoms with van der Waals surface area (Å²) in [6.07, 6.45) is 6.51. The van der Waals surface area contributed by atoms with E-state index in [1.54, 1.807) is 0 Å². The Kier molecular flexibility index (Phi) is 3.56. The fraction of sp³-hybridized carbons (Fsp3) is 0.667. The van der Waals surface area contributed by atoms with Gasteiger partial charge in [-0.1, -0.05) is 24.0 Å². The van der Waals surface area contributed by atoms with Gasteiger partial charge in [0, 0.05) is 11.8 Å². The summed E-state index contributed by atoms with van der Waals surface area (Å²) in [6.45, 7) is 0. The number of carbonyl (C=O) groups excluding carboxylic acids is 2. The lowest BCUT2D eigenvalue weighted by Crippen LogP contribution is -2.44. The topological polar surface area (TPSA) is 61.8 Å². The molecule has 0 saturated carbocycles. The van der Waals surface area contributed by atoms with Crippen molar-refractivity contribution in [1.82, 2.24) is 0 Å². The number of ether oxygens (including phenoxy) is 3. The van der Waals surface area contributed by atoms with E-state index in [4.69, 9.17) is 14.2 Å². The second-order valence-corrected chi connectivity index (χ2v) is 6.80. The van der Waals surface area contributed by atoms with Crippen LogP contribution in [0.1, 0.15) is 38.5 Å². The summed E-state index contributed by atoms with van der Waals surface area (Å²) < 4.78 is 15.9. The number of hydrogen-bond donors (Lipinski definition) is 0. The van der Waals surface area contributed by atoms with E-state index < -0.39 is 11.9 Å². The van der Waals surface area contributed by atoms with E-state index in [1.165, 1.54) is 51.0 Å². The zero-order chi connectivity index (χ0) is 16.1. The number of rotatable bonds is 2. The van der Waals surface area contributed by atoms with Crippen molar-refractivity contribution in [3.8, 4) is 0 Å². The lowest BCUT2D eigenvalue weighted by atomic mass is 9.57. The molecule has 23 heavy (non-hydrogen) atoms. The van der Waals surface area contributed by atoms with Crippen molar-refractivity contribution in [3.63, 3.8) is 0 Å². The van der Waals surface area contributed by atoms with Gasteiger partial charge in [-0.25, -0.2) is 9.59 Å². The van der Waals surface area contributed by atoms with Gasteiger partial charge < -0.3 is 14.2 Å². The molecule has 4 aliphatic rings. The van der Waals surface area contributed by atoms with E-state index in [-0.39, 0.29) is 24.0 Å². The van der Waals surface area contributed by atoms with Crippen LogP contribution in [-0.2, 0) is 23.8 Å². The van der Waals surface area contributed by atoms with Crippen molar-refractivity contribution in [2.45, 2.75) is 50.7 Å². The molecule has 2 bridgehead atoms. The maximum atomic E-state index is 12.2. The molecular weight excluding hydrogens is 296 g/mol. The minimum absolute atomic E-state index is 0.260. The summed E-state index contributed by atoms with van der Waals surface area (Å²) in [4.78, 5) is 24.4. The first-order chi connectivity index (χ1) is 11.2. The molecule has 0 radical (unpaired) electrons. The maximum Gasteiger partial charge on any atom is 0.337 e. The molecule has 0 N–H and O–H groups in total. The molecule has 4 atom stereocenters. The molecule has 0 amide bonds. The van der Waals surface area contributed by atoms with Crippen LogP contribution in [0.25, 0.3) is 0 Å². The van der Waals surface area contributed by atoms with Crippen LogP contribution in [0.15, 0.2) is 22.3 Å². The summed E-state index contributed by atoms with van der Waals surface area (Å²) in [6, 6.07) is 0. The highest BCUT2D eigenvalue weighted by atomic mass is 16.5. The molecule has 0 aromatic rings. The van der Waals surface area contributed by atoms with Crippen molar-refractivity contribution in [2.75, 3.05) is 14.2 Å². The molecular formula is C18H22O5. The van der Waals surface area contributed by atoms with Gasteiger partial charge in [0.25, 0.3) is 0 Å². The minimum Gasteiger partial charge on any atom is -0.466 e. The lowest BCUT2D eigenvalue weighted by Gasteiger charge is -2.44. The highest BCUT2D eigenvalue weighted by molar-refractivity contribution is 6.03. The summed E-state index contributed by atoms with van der Waals surface area (Å²) in [7, 11) is 2.68. The fourth-order valence-corrected chi connectivity index (χ4v) is 4.95. The Morgan fingerprint density at radius 1 is 0.826 bits per heavy atom. The van der Waals surface area contributed by atoms with Gasteiger partial charge in [0.2, 0.25) is 0 Å². The third-order valence-corrected chi connectivity index (χ3v) is 5.86. The number of hydrogen-bond acceptors (Lipinski definition) is 5. The average molecular weight is 318 g/mol. The van der Waals surface area contributed by atoms with Crippen LogP contribution < -0.4 is 0 Å². The molecule has 4 unspecified atom stereocenters. The average Bonchev–Trinajstić information content (AvgIpc) is 3.05. The highest BCUT2D eigenvalue weighted by Crippen LogP contribution is 2.61. The van der Waals surface area contributed by atoms with E-state index in [9.17, 15) is 9.59 Å². The van der Waals surface area contributed by atoms with Crippen molar-refractivity contribution in [3.05, 3.63) is 22.3 Å². The standard InChI is InChI=1S/C18H22O5/c1-21-17(19)13-14(18(20)22-2)16-12-10-8-6-4-3-5-7-9(10)11(12)15(13)23-16/h11-12,15-16H,3-8H2,1-2H3. The molecule has 124 valence electrons. The Morgan fingerprint density at radius 2 is 1.26 bits per heavy atom. The molecule has 5 nitrogen and oxygen atoms in total. The molecule has 1 fully saturated rings. The van der Waals surface area contributed by atoms with Crippen LogP contribution in [0, 0.1) is 11.8 Å². The Labute approximate surface area is 135 Å². The van der Waals surface area contributed by atoms with Crippen LogP contribution in [0.4, 0.5) is 0 Å². The maximum absolute atomic E-state index is 12.2. The molecule has 0 spiro atoms. The molecule has 2 aliphatic carbocycles. The van der Waals surface area contributed by atoms with Gasteiger partial charge in [0.1, 0.15) is 0 Å². The van der Waals surface area contributed by atoms with Gasteiger partial charge in [-0.2, -0.15) is 0 Å². The van der Waals surface area contributed by atoms with Crippen molar-refractivity contribution >= 4 is 11.9 Å². The Bertz CT molecular complexity index is 577. The van der Waals surface area contributed by atoms with E-state index in [0.29, 0.717) is 11.1 Å². The molecule has 4 rings (SSSR count). The van der Waals surface area contributed by atoms with E-state index >= 15 is 0 Å². The molecule has 0 aromatic carbocycles. The zero-order valence-electron chi connectivity index (χ0n) is 13.6. The van der Waals surface area contributed by atoms with Gasteiger partial charge in [-0.15, -0.1) is 0 Å². The van der Waals surface area contributed by atoms with Crippen molar-refractivity contribution in [1.29, 1.82) is 0 Å². The van der Waals surface area contributed by atoms with Gasteiger partial charge in [-0.05, 0) is 25.7 Å². The van der Waals surface area contributed by atoms with Gasteiger partial charge >= 0.3 is 11.9 Å². The number of esters is 2. The van der Waals surface area contributed by atoms with Gasteiger partial charge in [-0.3, -0.25) is 0 Å². The molecule has 2 aliphatic heterocycles. The smallest absolute Gasteiger partial charge is 0.337 e. The highest BCUT2D eigenvalue weighted by Gasteiger charge is 2.63. The van der Waals surface area contributed by atoms with E-state index in [0.717, 1.165) is 12.8 Å². The number of fused-ring (bicyclic) bond motifs is 7. The Morgan fingerprint density at radius 3 is 1.65 bits per heavy atom. The fourth-order valence-electron chi connectivity index (χ4n) is 4.95. The third-order valence-electron chi connectivity index (χ3n) is 5.86. The zero-order valence-corrected chi connectivity index (χ0v) is 13.6. The number of methoxy groups -OCH3 is 2. The van der Waals surface area contributed by atoms with E-state index in [2.05, 4.69) is 0 Å². The second-order valence-electron chi connectivity index (χ2n) is 6.80. The van der Waals surface area contributed by atoms with Gasteiger partial charge in [0.05, 0.1) is 37.6 Å². The minimum atomic E-state index is -0.462. The van der Waals surface area contributed by atoms with Crippen molar-refractivity contribution < 1.29 is 23.8 Å². The summed E-state index contributed by atoms with van der Waals surface area (Å²) in [5.41, 5.74) is 3.73. The summed E-state index contributed by atoms with van der Waals surface area (Å²) in [5, 5.41) is 0. The van der Waals surface area contributed by atoms with Crippen LogP contribution in [-0.4, -0.2) is 38.4 Å². The number of carbonyl (C=O) groups is 2. The second kappa shape index (κ2) is 5.48. The van der Waals surface area contributed by atoms with Crippen LogP contribution in [0.5, 0.6) is 0 Å². The van der Waals surface area contributed by atoms with Crippen LogP contribution in [0.2, 0.25) is 0 Å². The summed E-state index contributed by atoms with van der Waals surface area (Å²) in [5.74, 6) is -0.404. The first kappa shape index (κ1) is 14.9. The first-order valence-corrected chi connectivity index (χ1v) is 8.47. The quantitative estimate of drug-likeness (QED) is 0.577. The first-order valence-electron chi connectivity index (χ1n) is 8.47. The molecule has 1 saturated heterocycles. The molecule has 0 aromatic heterocycles. The molecule has 5 heteroatoms. The van der Waals surface area contributed by atoms with E-state index in [1.807, 2.05) is 0 Å². The third kappa shape index (κ3) is 1.95. The Balaban J connectivity index is 1.72. The summed E-state index contributed by atoms with van der Waals surface area (Å²) >= 11 is 0. The molecule has 2 heterocycles. The lowest BCUT2D eigenvalue weighted by molar-refractivity contribution is -0.139. The van der Waals surface area contributed by atoms with Crippen molar-refractivity contribution in [2.24, 2.45) is 11.8 Å². The predicted octanol–water partition coefficient (Wildman–Crippen LogP) is 2.31. The largest absolute Gasteiger partial charge is 0.466 e. The Hall–Kier alpha value is -1.62. The SMILES string of the molecule is COC(=O)C1=C(C(=O)OC)C2OC1C1C3=C(CCCCCC3)C21. The van der Waals surface area contributed by atoms with Gasteiger partial charge in [0.15, 0.2) is 0 Å². The van der Waals surface area contributed by atoms with Crippen LogP contribution in [0.3, 0.4) is 0 Å². The normalized spacial score (nSPS) is 35.0. The predicted molar refractivity (Wildman–Crippen MR) is 81.4 cm³/mol. The van der Waals surface area contributed by atoms with Crippen LogP contribution >= 0.6 is 0 Å².